The molecule has 1 N–H and O–H groups in total. The minimum Gasteiger partial charge on any atom is -0.308 e. The Hall–Kier alpha value is -0.630. The zero-order chi connectivity index (χ0) is 14.3. The number of hydrogen-bond acceptors (Lipinski definition) is 4. The van der Waals surface area contributed by atoms with Gasteiger partial charge in [-0.15, -0.1) is 0 Å². The van der Waals surface area contributed by atoms with Gasteiger partial charge in [0.05, 0.1) is 6.07 Å². The van der Waals surface area contributed by atoms with E-state index in [0.29, 0.717) is 6.04 Å². The number of rotatable bonds is 8. The van der Waals surface area contributed by atoms with Gasteiger partial charge < -0.3 is 4.90 Å². The molecule has 19 heavy (non-hydrogen) atoms. The Morgan fingerprint density at radius 1 is 1.47 bits per heavy atom. The lowest BCUT2D eigenvalue weighted by Gasteiger charge is -2.28. The van der Waals surface area contributed by atoms with Gasteiger partial charge >= 0.3 is 0 Å². The highest BCUT2D eigenvalue weighted by Crippen LogP contribution is 2.19. The van der Waals surface area contributed by atoms with Crippen LogP contribution in [0.25, 0.3) is 0 Å². The monoisotopic (exact) mass is 266 g/mol. The van der Waals surface area contributed by atoms with Crippen LogP contribution >= 0.6 is 0 Å². The molecule has 0 spiro atoms. The Bertz CT molecular complexity index is 297. The lowest BCUT2D eigenvalue weighted by molar-refractivity contribution is 0.200. The van der Waals surface area contributed by atoms with Crippen LogP contribution in [-0.2, 0) is 0 Å². The molecule has 0 aromatic carbocycles. The number of nitrogens with zero attached hydrogens (tertiary/aromatic N) is 3. The molecule has 0 radical (unpaired) electrons. The molecule has 0 saturated carbocycles. The molecule has 0 aromatic heterocycles. The van der Waals surface area contributed by atoms with E-state index in [-0.39, 0.29) is 5.54 Å². The van der Waals surface area contributed by atoms with Crippen molar-refractivity contribution in [3.05, 3.63) is 0 Å². The van der Waals surface area contributed by atoms with Crippen molar-refractivity contribution in [3.63, 3.8) is 0 Å². The van der Waals surface area contributed by atoms with E-state index in [9.17, 15) is 5.26 Å². The molecule has 110 valence electrons. The molecule has 1 fully saturated rings. The molecule has 1 saturated heterocycles. The lowest BCUT2D eigenvalue weighted by atomic mass is 9.97. The summed E-state index contributed by atoms with van der Waals surface area (Å²) in [7, 11) is 4.29. The number of likely N-dealkylation sites (tertiary alicyclic amines) is 1. The minimum atomic E-state index is -0.356. The van der Waals surface area contributed by atoms with Gasteiger partial charge in [0.25, 0.3) is 0 Å². The smallest absolute Gasteiger partial charge is 0.103 e. The fourth-order valence-electron chi connectivity index (χ4n) is 3.03. The maximum absolute atomic E-state index is 9.25. The molecule has 0 bridgehead atoms. The summed E-state index contributed by atoms with van der Waals surface area (Å²) < 4.78 is 0. The van der Waals surface area contributed by atoms with Crippen LogP contribution in [0.1, 0.15) is 39.5 Å². The summed E-state index contributed by atoms with van der Waals surface area (Å²) in [5.41, 5.74) is -0.356. The van der Waals surface area contributed by atoms with Crippen LogP contribution in [0.5, 0.6) is 0 Å². The Morgan fingerprint density at radius 3 is 2.79 bits per heavy atom. The van der Waals surface area contributed by atoms with Crippen molar-refractivity contribution in [2.24, 2.45) is 0 Å². The summed E-state index contributed by atoms with van der Waals surface area (Å²) >= 11 is 0. The van der Waals surface area contributed by atoms with Crippen LogP contribution in [0.15, 0.2) is 0 Å². The van der Waals surface area contributed by atoms with Crippen LogP contribution in [0, 0.1) is 11.3 Å². The van der Waals surface area contributed by atoms with Gasteiger partial charge in [0.15, 0.2) is 0 Å². The minimum absolute atomic E-state index is 0.356. The third kappa shape index (κ3) is 5.48. The Morgan fingerprint density at radius 2 is 2.21 bits per heavy atom. The number of hydrogen-bond donors (Lipinski definition) is 1. The molecule has 1 heterocycles. The average molecular weight is 266 g/mol. The Labute approximate surface area is 118 Å². The van der Waals surface area contributed by atoms with Crippen molar-refractivity contribution in [2.45, 2.75) is 51.1 Å². The lowest BCUT2D eigenvalue weighted by Crippen LogP contribution is -2.42. The second-order valence-electron chi connectivity index (χ2n) is 6.17. The summed E-state index contributed by atoms with van der Waals surface area (Å²) in [4.78, 5) is 4.88. The maximum atomic E-state index is 9.25. The summed E-state index contributed by atoms with van der Waals surface area (Å²) in [5.74, 6) is 0. The fraction of sp³-hybridized carbons (Fsp3) is 0.933. The molecule has 1 aliphatic heterocycles. The van der Waals surface area contributed by atoms with Crippen LogP contribution < -0.4 is 5.32 Å². The predicted molar refractivity (Wildman–Crippen MR) is 80.1 cm³/mol. The van der Waals surface area contributed by atoms with Crippen molar-refractivity contribution in [2.75, 3.05) is 40.3 Å². The van der Waals surface area contributed by atoms with Crippen molar-refractivity contribution >= 4 is 0 Å². The van der Waals surface area contributed by atoms with Crippen molar-refractivity contribution in [3.8, 4) is 6.07 Å². The summed E-state index contributed by atoms with van der Waals surface area (Å²) in [6.45, 7) is 8.44. The summed E-state index contributed by atoms with van der Waals surface area (Å²) in [5, 5.41) is 12.5. The van der Waals surface area contributed by atoms with Crippen LogP contribution in [0.4, 0.5) is 0 Å². The molecule has 2 atom stereocenters. The predicted octanol–water partition coefficient (Wildman–Crippen LogP) is 1.68. The van der Waals surface area contributed by atoms with Gasteiger partial charge in [0, 0.05) is 12.6 Å². The topological polar surface area (TPSA) is 42.3 Å². The van der Waals surface area contributed by atoms with Crippen LogP contribution in [0.2, 0.25) is 0 Å². The SMILES string of the molecule is CCNC(C)(C#N)CCCN1CCCC1CN(C)C. The van der Waals surface area contributed by atoms with Crippen molar-refractivity contribution in [1.29, 1.82) is 5.26 Å². The Balaban J connectivity index is 2.33. The quantitative estimate of drug-likeness (QED) is 0.726. The first-order chi connectivity index (χ1) is 9.00. The highest BCUT2D eigenvalue weighted by Gasteiger charge is 2.26. The number of nitrogens with one attached hydrogen (secondary N) is 1. The van der Waals surface area contributed by atoms with Gasteiger partial charge in [-0.25, -0.2) is 0 Å². The van der Waals surface area contributed by atoms with E-state index in [2.05, 4.69) is 42.2 Å². The third-order valence-electron chi connectivity index (χ3n) is 4.01. The molecular formula is C15H30N4. The first-order valence-electron chi connectivity index (χ1n) is 7.56. The average Bonchev–Trinajstić information content (AvgIpc) is 2.76. The fourth-order valence-corrected chi connectivity index (χ4v) is 3.03. The normalized spacial score (nSPS) is 23.5. The van der Waals surface area contributed by atoms with E-state index < -0.39 is 0 Å². The second-order valence-corrected chi connectivity index (χ2v) is 6.17. The first-order valence-corrected chi connectivity index (χ1v) is 7.56. The molecule has 1 aliphatic rings. The molecular weight excluding hydrogens is 236 g/mol. The molecule has 4 nitrogen and oxygen atoms in total. The van der Waals surface area contributed by atoms with Crippen LogP contribution in [0.3, 0.4) is 0 Å². The zero-order valence-corrected chi connectivity index (χ0v) is 13.1. The molecule has 0 amide bonds. The first kappa shape index (κ1) is 16.4. The summed E-state index contributed by atoms with van der Waals surface area (Å²) in [6.07, 6.45) is 4.67. The second kappa shape index (κ2) is 7.84. The van der Waals surface area contributed by atoms with Gasteiger partial charge in [0.2, 0.25) is 0 Å². The van der Waals surface area contributed by atoms with Crippen molar-refractivity contribution in [1.82, 2.24) is 15.1 Å². The maximum Gasteiger partial charge on any atom is 0.103 e. The number of likely N-dealkylation sites (N-methyl/N-ethyl adjacent to an activating group) is 1. The molecule has 4 heteroatoms. The van der Waals surface area contributed by atoms with E-state index >= 15 is 0 Å². The Kier molecular flexibility index (Phi) is 6.78. The van der Waals surface area contributed by atoms with Gasteiger partial charge in [-0.2, -0.15) is 5.26 Å². The van der Waals surface area contributed by atoms with E-state index in [1.807, 2.05) is 6.92 Å². The number of nitriles is 1. The van der Waals surface area contributed by atoms with Gasteiger partial charge in [-0.3, -0.25) is 10.2 Å². The van der Waals surface area contributed by atoms with E-state index in [0.717, 1.165) is 32.5 Å². The highest BCUT2D eigenvalue weighted by atomic mass is 15.2. The van der Waals surface area contributed by atoms with Crippen molar-refractivity contribution < 1.29 is 0 Å². The standard InChI is InChI=1S/C15H30N4/c1-5-17-15(2,13-16)9-7-11-19-10-6-8-14(19)12-18(3)4/h14,17H,5-12H2,1-4H3. The molecule has 0 aromatic rings. The largest absolute Gasteiger partial charge is 0.308 e. The third-order valence-corrected chi connectivity index (χ3v) is 4.01. The zero-order valence-electron chi connectivity index (χ0n) is 13.1. The van der Waals surface area contributed by atoms with Crippen LogP contribution in [-0.4, -0.2) is 61.7 Å². The molecule has 2 unspecified atom stereocenters. The van der Waals surface area contributed by atoms with Gasteiger partial charge in [-0.05, 0) is 66.3 Å². The molecule has 0 aliphatic carbocycles. The highest BCUT2D eigenvalue weighted by molar-refractivity contribution is 5.03. The van der Waals surface area contributed by atoms with Gasteiger partial charge in [0.1, 0.15) is 5.54 Å². The van der Waals surface area contributed by atoms with E-state index in [1.165, 1.54) is 19.4 Å². The summed E-state index contributed by atoms with van der Waals surface area (Å²) in [6, 6.07) is 3.12. The van der Waals surface area contributed by atoms with E-state index in [1.54, 1.807) is 0 Å². The van der Waals surface area contributed by atoms with E-state index in [4.69, 9.17) is 0 Å². The van der Waals surface area contributed by atoms with Gasteiger partial charge in [-0.1, -0.05) is 6.92 Å². The molecule has 1 rings (SSSR count).